The molecule has 1 aliphatic rings. The van der Waals surface area contributed by atoms with Crippen LogP contribution in [-0.4, -0.2) is 23.9 Å². The summed E-state index contributed by atoms with van der Waals surface area (Å²) in [7, 11) is 0. The van der Waals surface area contributed by atoms with Crippen molar-refractivity contribution in [1.29, 1.82) is 5.26 Å². The van der Waals surface area contributed by atoms with Crippen LogP contribution in [0.25, 0.3) is 0 Å². The van der Waals surface area contributed by atoms with E-state index < -0.39 is 0 Å². The second-order valence-corrected chi connectivity index (χ2v) is 5.24. The van der Waals surface area contributed by atoms with Crippen molar-refractivity contribution in [3.8, 4) is 6.07 Å². The van der Waals surface area contributed by atoms with Crippen LogP contribution in [0.4, 0.5) is 0 Å². The molecule has 100 valence electrons. The molecule has 1 saturated heterocycles. The number of piperidine rings is 1. The second kappa shape index (κ2) is 6.38. The zero-order chi connectivity index (χ0) is 13.7. The number of carbonyl (C=O) groups excluding carboxylic acids is 1. The maximum atomic E-state index is 12.2. The zero-order valence-corrected chi connectivity index (χ0v) is 11.4. The van der Waals surface area contributed by atoms with Gasteiger partial charge in [-0.2, -0.15) is 5.26 Å². The number of amides is 1. The molecule has 0 spiro atoms. The molecule has 0 aromatic heterocycles. The Bertz CT molecular complexity index is 473. The van der Waals surface area contributed by atoms with Gasteiger partial charge >= 0.3 is 0 Å². The molecule has 1 heterocycles. The Balaban J connectivity index is 1.94. The summed E-state index contributed by atoms with van der Waals surface area (Å²) < 4.78 is 0. The van der Waals surface area contributed by atoms with Crippen molar-refractivity contribution in [1.82, 2.24) is 4.90 Å². The minimum Gasteiger partial charge on any atom is -0.342 e. The topological polar surface area (TPSA) is 44.1 Å². The van der Waals surface area contributed by atoms with Crippen molar-refractivity contribution in [3.05, 3.63) is 35.4 Å². The fourth-order valence-corrected chi connectivity index (χ4v) is 2.61. The first kappa shape index (κ1) is 13.6. The van der Waals surface area contributed by atoms with Gasteiger partial charge in [-0.3, -0.25) is 4.79 Å². The molecule has 0 radical (unpaired) electrons. The van der Waals surface area contributed by atoms with Crippen molar-refractivity contribution in [3.63, 3.8) is 0 Å². The molecule has 0 bridgehead atoms. The molecule has 3 nitrogen and oxygen atoms in total. The van der Waals surface area contributed by atoms with Gasteiger partial charge < -0.3 is 4.90 Å². The molecule has 1 aromatic rings. The van der Waals surface area contributed by atoms with E-state index in [0.717, 1.165) is 31.5 Å². The molecular weight excluding hydrogens is 236 g/mol. The molecule has 3 heteroatoms. The van der Waals surface area contributed by atoms with Gasteiger partial charge in [0.15, 0.2) is 0 Å². The number of nitrogens with zero attached hydrogens (tertiary/aromatic N) is 2. The van der Waals surface area contributed by atoms with E-state index in [9.17, 15) is 4.79 Å². The Hall–Kier alpha value is -1.82. The number of nitriles is 1. The van der Waals surface area contributed by atoms with E-state index >= 15 is 0 Å². The minimum absolute atomic E-state index is 0.211. The molecule has 1 aliphatic heterocycles. The van der Waals surface area contributed by atoms with Crippen LogP contribution in [0.5, 0.6) is 0 Å². The van der Waals surface area contributed by atoms with Gasteiger partial charge in [-0.25, -0.2) is 0 Å². The fraction of sp³-hybridized carbons (Fsp3) is 0.500. The van der Waals surface area contributed by atoms with Gasteiger partial charge in [0, 0.05) is 13.1 Å². The molecule has 1 aromatic carbocycles. The Morgan fingerprint density at radius 3 is 2.79 bits per heavy atom. The van der Waals surface area contributed by atoms with Crippen molar-refractivity contribution >= 4 is 5.91 Å². The third kappa shape index (κ3) is 3.57. The Morgan fingerprint density at radius 2 is 2.16 bits per heavy atom. The summed E-state index contributed by atoms with van der Waals surface area (Å²) in [4.78, 5) is 14.2. The maximum absolute atomic E-state index is 12.2. The van der Waals surface area contributed by atoms with Crippen molar-refractivity contribution in [2.45, 2.75) is 32.6 Å². The molecule has 0 aliphatic carbocycles. The largest absolute Gasteiger partial charge is 0.342 e. The first-order chi connectivity index (χ1) is 9.22. The fourth-order valence-electron chi connectivity index (χ4n) is 2.61. The lowest BCUT2D eigenvalue weighted by Gasteiger charge is -2.32. The highest BCUT2D eigenvalue weighted by molar-refractivity contribution is 5.78. The van der Waals surface area contributed by atoms with Gasteiger partial charge in [-0.1, -0.05) is 25.5 Å². The van der Waals surface area contributed by atoms with Gasteiger partial charge in [0.1, 0.15) is 0 Å². The smallest absolute Gasteiger partial charge is 0.226 e. The first-order valence-electron chi connectivity index (χ1n) is 6.99. The highest BCUT2D eigenvalue weighted by Gasteiger charge is 2.22. The van der Waals surface area contributed by atoms with E-state index in [2.05, 4.69) is 13.0 Å². The van der Waals surface area contributed by atoms with E-state index in [1.807, 2.05) is 17.0 Å². The average Bonchev–Trinajstić information content (AvgIpc) is 2.48. The Kier molecular flexibility index (Phi) is 4.57. The van der Waals surface area contributed by atoms with E-state index in [4.69, 9.17) is 5.26 Å². The van der Waals surface area contributed by atoms with E-state index in [0.29, 0.717) is 17.9 Å². The summed E-state index contributed by atoms with van der Waals surface area (Å²) >= 11 is 0. The molecule has 1 atom stereocenters. The monoisotopic (exact) mass is 256 g/mol. The van der Waals surface area contributed by atoms with E-state index in [1.54, 1.807) is 12.1 Å². The Morgan fingerprint density at radius 1 is 1.42 bits per heavy atom. The number of carbonyl (C=O) groups is 1. The van der Waals surface area contributed by atoms with Crippen LogP contribution in [0.3, 0.4) is 0 Å². The predicted octanol–water partition coefficient (Wildman–Crippen LogP) is 2.75. The number of hydrogen-bond acceptors (Lipinski definition) is 2. The number of hydrogen-bond donors (Lipinski definition) is 0. The molecule has 0 saturated carbocycles. The molecule has 0 N–H and O–H groups in total. The van der Waals surface area contributed by atoms with Crippen LogP contribution in [0.15, 0.2) is 24.3 Å². The molecule has 1 amide bonds. The van der Waals surface area contributed by atoms with Crippen LogP contribution in [-0.2, 0) is 11.2 Å². The lowest BCUT2D eigenvalue weighted by Crippen LogP contribution is -2.40. The number of rotatable bonds is 3. The molecule has 2 rings (SSSR count). The van der Waals surface area contributed by atoms with Crippen LogP contribution >= 0.6 is 0 Å². The van der Waals surface area contributed by atoms with Crippen molar-refractivity contribution in [2.75, 3.05) is 13.1 Å². The normalized spacial score (nSPS) is 18.9. The maximum Gasteiger partial charge on any atom is 0.226 e. The van der Waals surface area contributed by atoms with Gasteiger partial charge in [-0.15, -0.1) is 0 Å². The number of likely N-dealkylation sites (tertiary alicyclic amines) is 1. The van der Waals surface area contributed by atoms with Crippen LogP contribution in [0.2, 0.25) is 0 Å². The van der Waals surface area contributed by atoms with Gasteiger partial charge in [0.25, 0.3) is 0 Å². The third-order valence-corrected chi connectivity index (χ3v) is 3.89. The first-order valence-corrected chi connectivity index (χ1v) is 6.99. The lowest BCUT2D eigenvalue weighted by molar-refractivity contribution is -0.132. The average molecular weight is 256 g/mol. The lowest BCUT2D eigenvalue weighted by atomic mass is 9.95. The highest BCUT2D eigenvalue weighted by atomic mass is 16.2. The number of benzene rings is 1. The summed E-state index contributed by atoms with van der Waals surface area (Å²) in [6.45, 7) is 4.00. The molecule has 19 heavy (non-hydrogen) atoms. The standard InChI is InChI=1S/C16H20N2O/c1-2-13-4-3-9-18(12-13)16(19)10-14-5-7-15(11-17)8-6-14/h5-8,13H,2-4,9-10,12H2,1H3. The third-order valence-electron chi connectivity index (χ3n) is 3.89. The SMILES string of the molecule is CCC1CCCN(C(=O)Cc2ccc(C#N)cc2)C1. The second-order valence-electron chi connectivity index (χ2n) is 5.24. The molecule has 1 unspecified atom stereocenters. The van der Waals surface area contributed by atoms with E-state index in [-0.39, 0.29) is 5.91 Å². The van der Waals surface area contributed by atoms with Crippen LogP contribution < -0.4 is 0 Å². The summed E-state index contributed by atoms with van der Waals surface area (Å²) in [5, 5.41) is 8.75. The minimum atomic E-state index is 0.211. The summed E-state index contributed by atoms with van der Waals surface area (Å²) in [5.74, 6) is 0.876. The van der Waals surface area contributed by atoms with Crippen LogP contribution in [0.1, 0.15) is 37.3 Å². The van der Waals surface area contributed by atoms with Crippen molar-refractivity contribution in [2.24, 2.45) is 5.92 Å². The predicted molar refractivity (Wildman–Crippen MR) is 74.5 cm³/mol. The van der Waals surface area contributed by atoms with Gasteiger partial charge in [-0.05, 0) is 36.5 Å². The van der Waals surface area contributed by atoms with Crippen molar-refractivity contribution < 1.29 is 4.79 Å². The highest BCUT2D eigenvalue weighted by Crippen LogP contribution is 2.20. The molecule has 1 fully saturated rings. The van der Waals surface area contributed by atoms with Crippen LogP contribution in [0, 0.1) is 17.2 Å². The quantitative estimate of drug-likeness (QED) is 0.834. The Labute approximate surface area is 114 Å². The zero-order valence-electron chi connectivity index (χ0n) is 11.4. The van der Waals surface area contributed by atoms with E-state index in [1.165, 1.54) is 6.42 Å². The van der Waals surface area contributed by atoms with Gasteiger partial charge in [0.2, 0.25) is 5.91 Å². The summed E-state index contributed by atoms with van der Waals surface area (Å²) in [6.07, 6.45) is 3.97. The summed E-state index contributed by atoms with van der Waals surface area (Å²) in [5.41, 5.74) is 1.63. The molecular formula is C16H20N2O. The van der Waals surface area contributed by atoms with Gasteiger partial charge in [0.05, 0.1) is 18.1 Å². The summed E-state index contributed by atoms with van der Waals surface area (Å²) in [6, 6.07) is 9.38.